The molecule has 3 rings (SSSR count). The number of nitrogens with zero attached hydrogens (tertiary/aromatic N) is 3. The van der Waals surface area contributed by atoms with Crippen molar-refractivity contribution in [2.75, 3.05) is 44.7 Å². The van der Waals surface area contributed by atoms with Crippen LogP contribution in [0.15, 0.2) is 24.3 Å². The van der Waals surface area contributed by atoms with Crippen molar-refractivity contribution in [2.45, 2.75) is 25.3 Å². The molecule has 1 aromatic rings. The van der Waals surface area contributed by atoms with Crippen molar-refractivity contribution < 1.29 is 9.18 Å². The van der Waals surface area contributed by atoms with E-state index in [2.05, 4.69) is 4.90 Å². The van der Waals surface area contributed by atoms with Gasteiger partial charge in [0.1, 0.15) is 5.82 Å². The summed E-state index contributed by atoms with van der Waals surface area (Å²) >= 11 is 0. The summed E-state index contributed by atoms with van der Waals surface area (Å²) in [6, 6.07) is 6.89. The van der Waals surface area contributed by atoms with Crippen molar-refractivity contribution in [3.05, 3.63) is 30.1 Å². The van der Waals surface area contributed by atoms with Crippen LogP contribution in [-0.2, 0) is 4.79 Å². The third-order valence-corrected chi connectivity index (χ3v) is 4.84. The van der Waals surface area contributed by atoms with E-state index in [1.807, 2.05) is 29.0 Å². The molecule has 0 bridgehead atoms. The fraction of sp³-hybridized carbons (Fsp3) is 0.588. The minimum atomic E-state index is -0.186. The minimum Gasteiger partial charge on any atom is -0.366 e. The topological polar surface area (TPSA) is 26.8 Å². The smallest absolute Gasteiger partial charge is 0.240 e. The van der Waals surface area contributed by atoms with Crippen molar-refractivity contribution >= 4 is 11.6 Å². The third kappa shape index (κ3) is 3.09. The summed E-state index contributed by atoms with van der Waals surface area (Å²) in [5.41, 5.74) is 0.643. The Bertz CT molecular complexity index is 528. The largest absolute Gasteiger partial charge is 0.366 e. The van der Waals surface area contributed by atoms with Crippen LogP contribution in [0, 0.1) is 5.82 Å². The van der Waals surface area contributed by atoms with Gasteiger partial charge in [-0.3, -0.25) is 9.69 Å². The second-order valence-corrected chi connectivity index (χ2v) is 6.26. The Balaban J connectivity index is 1.59. The van der Waals surface area contributed by atoms with Crippen LogP contribution < -0.4 is 4.90 Å². The molecule has 5 heteroatoms. The van der Waals surface area contributed by atoms with Crippen LogP contribution >= 0.6 is 0 Å². The lowest BCUT2D eigenvalue weighted by atomic mass is 10.0. The standard InChI is InChI=1S/C17H24FN3O/c1-19-9-5-4-8-16(19)17(22)21-12-10-20(11-13-21)15-7-3-2-6-14(15)18/h2-3,6-7,16H,4-5,8-13H2,1H3. The number of piperazine rings is 1. The number of likely N-dealkylation sites (tertiary alicyclic amines) is 1. The molecule has 0 aromatic heterocycles. The normalized spacial score (nSPS) is 23.6. The molecule has 2 aliphatic rings. The Labute approximate surface area is 131 Å². The van der Waals surface area contributed by atoms with Gasteiger partial charge in [-0.15, -0.1) is 0 Å². The predicted molar refractivity (Wildman–Crippen MR) is 85.5 cm³/mol. The molecular formula is C17H24FN3O. The predicted octanol–water partition coefficient (Wildman–Crippen LogP) is 1.96. The van der Waals surface area contributed by atoms with Gasteiger partial charge in [0.25, 0.3) is 0 Å². The third-order valence-electron chi connectivity index (χ3n) is 4.84. The van der Waals surface area contributed by atoms with E-state index in [4.69, 9.17) is 0 Å². The maximum Gasteiger partial charge on any atom is 0.240 e. The fourth-order valence-electron chi connectivity index (χ4n) is 3.47. The van der Waals surface area contributed by atoms with E-state index in [1.54, 1.807) is 6.07 Å². The molecule has 2 saturated heterocycles. The van der Waals surface area contributed by atoms with Gasteiger partial charge in [-0.1, -0.05) is 18.6 Å². The van der Waals surface area contributed by atoms with Gasteiger partial charge in [0.2, 0.25) is 5.91 Å². The Morgan fingerprint density at radius 2 is 1.82 bits per heavy atom. The van der Waals surface area contributed by atoms with E-state index in [1.165, 1.54) is 12.5 Å². The molecule has 0 radical (unpaired) electrons. The van der Waals surface area contributed by atoms with Gasteiger partial charge in [0, 0.05) is 26.2 Å². The number of likely N-dealkylation sites (N-methyl/N-ethyl adjacent to an activating group) is 1. The molecule has 0 aliphatic carbocycles. The number of piperidine rings is 1. The molecule has 1 aromatic carbocycles. The van der Waals surface area contributed by atoms with Crippen LogP contribution in [-0.4, -0.2) is 61.5 Å². The number of benzene rings is 1. The average Bonchev–Trinajstić information content (AvgIpc) is 2.55. The SMILES string of the molecule is CN1CCCCC1C(=O)N1CCN(c2ccccc2F)CC1. The molecule has 1 amide bonds. The summed E-state index contributed by atoms with van der Waals surface area (Å²) in [4.78, 5) is 18.8. The summed E-state index contributed by atoms with van der Waals surface area (Å²) in [6.45, 7) is 3.76. The van der Waals surface area contributed by atoms with Crippen LogP contribution in [0.25, 0.3) is 0 Å². The first kappa shape index (κ1) is 15.3. The van der Waals surface area contributed by atoms with Crippen molar-refractivity contribution in [2.24, 2.45) is 0 Å². The van der Waals surface area contributed by atoms with Crippen molar-refractivity contribution in [1.29, 1.82) is 0 Å². The second kappa shape index (κ2) is 6.65. The maximum atomic E-state index is 13.8. The first-order chi connectivity index (χ1) is 10.7. The average molecular weight is 305 g/mol. The minimum absolute atomic E-state index is 0.0359. The lowest BCUT2D eigenvalue weighted by Crippen LogP contribution is -2.55. The van der Waals surface area contributed by atoms with Crippen LogP contribution in [0.1, 0.15) is 19.3 Å². The molecule has 0 saturated carbocycles. The molecule has 2 aliphatic heterocycles. The molecule has 2 heterocycles. The van der Waals surface area contributed by atoms with Crippen LogP contribution in [0.3, 0.4) is 0 Å². The molecular weight excluding hydrogens is 281 g/mol. The molecule has 2 fully saturated rings. The van der Waals surface area contributed by atoms with Crippen molar-refractivity contribution in [3.8, 4) is 0 Å². The van der Waals surface area contributed by atoms with Crippen LogP contribution in [0.4, 0.5) is 10.1 Å². The van der Waals surface area contributed by atoms with Gasteiger partial charge >= 0.3 is 0 Å². The molecule has 0 spiro atoms. The number of halogens is 1. The molecule has 4 nitrogen and oxygen atoms in total. The van der Waals surface area contributed by atoms with E-state index < -0.39 is 0 Å². The van der Waals surface area contributed by atoms with Crippen LogP contribution in [0.2, 0.25) is 0 Å². The molecule has 120 valence electrons. The van der Waals surface area contributed by atoms with E-state index >= 15 is 0 Å². The molecule has 22 heavy (non-hydrogen) atoms. The van der Waals surface area contributed by atoms with Gasteiger partial charge < -0.3 is 9.80 Å². The van der Waals surface area contributed by atoms with Crippen molar-refractivity contribution in [1.82, 2.24) is 9.80 Å². The molecule has 1 atom stereocenters. The number of hydrogen-bond acceptors (Lipinski definition) is 3. The van der Waals surface area contributed by atoms with Gasteiger partial charge in [-0.25, -0.2) is 4.39 Å². The first-order valence-electron chi connectivity index (χ1n) is 8.15. The Morgan fingerprint density at radius 1 is 1.09 bits per heavy atom. The van der Waals surface area contributed by atoms with Gasteiger partial charge in [-0.05, 0) is 38.6 Å². The van der Waals surface area contributed by atoms with Crippen LogP contribution in [0.5, 0.6) is 0 Å². The molecule has 1 unspecified atom stereocenters. The summed E-state index contributed by atoms with van der Waals surface area (Å²) in [5, 5.41) is 0. The first-order valence-corrected chi connectivity index (χ1v) is 8.15. The summed E-state index contributed by atoms with van der Waals surface area (Å²) in [5.74, 6) is 0.0599. The number of amides is 1. The number of rotatable bonds is 2. The lowest BCUT2D eigenvalue weighted by Gasteiger charge is -2.40. The number of para-hydroxylation sites is 1. The highest BCUT2D eigenvalue weighted by molar-refractivity contribution is 5.82. The quantitative estimate of drug-likeness (QED) is 0.836. The van der Waals surface area contributed by atoms with Gasteiger partial charge in [0.05, 0.1) is 11.7 Å². The Morgan fingerprint density at radius 3 is 2.50 bits per heavy atom. The highest BCUT2D eigenvalue weighted by Crippen LogP contribution is 2.22. The van der Waals surface area contributed by atoms with E-state index in [0.717, 1.165) is 19.4 Å². The monoisotopic (exact) mass is 305 g/mol. The second-order valence-electron chi connectivity index (χ2n) is 6.26. The number of anilines is 1. The Kier molecular flexibility index (Phi) is 4.62. The highest BCUT2D eigenvalue weighted by Gasteiger charge is 2.31. The van der Waals surface area contributed by atoms with E-state index in [-0.39, 0.29) is 17.8 Å². The zero-order chi connectivity index (χ0) is 15.5. The highest BCUT2D eigenvalue weighted by atomic mass is 19.1. The van der Waals surface area contributed by atoms with Gasteiger partial charge in [-0.2, -0.15) is 0 Å². The molecule has 0 N–H and O–H groups in total. The van der Waals surface area contributed by atoms with Gasteiger partial charge in [0.15, 0.2) is 0 Å². The van der Waals surface area contributed by atoms with Crippen molar-refractivity contribution in [3.63, 3.8) is 0 Å². The zero-order valence-corrected chi connectivity index (χ0v) is 13.2. The maximum absolute atomic E-state index is 13.8. The number of carbonyl (C=O) groups excluding carboxylic acids is 1. The Hall–Kier alpha value is -1.62. The number of carbonyl (C=O) groups is 1. The lowest BCUT2D eigenvalue weighted by molar-refractivity contribution is -0.137. The zero-order valence-electron chi connectivity index (χ0n) is 13.2. The summed E-state index contributed by atoms with van der Waals surface area (Å²) in [6.07, 6.45) is 3.28. The van der Waals surface area contributed by atoms with E-state index in [9.17, 15) is 9.18 Å². The fourth-order valence-corrected chi connectivity index (χ4v) is 3.47. The summed E-state index contributed by atoms with van der Waals surface area (Å²) in [7, 11) is 2.04. The number of hydrogen-bond donors (Lipinski definition) is 0. The summed E-state index contributed by atoms with van der Waals surface area (Å²) < 4.78 is 13.8. The van der Waals surface area contributed by atoms with E-state index in [0.29, 0.717) is 31.9 Å².